The van der Waals surface area contributed by atoms with Gasteiger partial charge in [0.05, 0.1) is 6.20 Å². The molecule has 0 aliphatic carbocycles. The third-order valence-electron chi connectivity index (χ3n) is 3.59. The zero-order valence-electron chi connectivity index (χ0n) is 18.9. The minimum absolute atomic E-state index is 0.161. The lowest BCUT2D eigenvalue weighted by molar-refractivity contribution is -0.141. The summed E-state index contributed by atoms with van der Waals surface area (Å²) in [6, 6.07) is 3.54. The van der Waals surface area contributed by atoms with Crippen LogP contribution in [0.3, 0.4) is 0 Å². The highest BCUT2D eigenvalue weighted by atomic mass is 32.2. The van der Waals surface area contributed by atoms with E-state index < -0.39 is 32.4 Å². The molecule has 2 aromatic rings. The molecule has 0 saturated heterocycles. The summed E-state index contributed by atoms with van der Waals surface area (Å²) in [4.78, 5) is 7.39. The first-order valence-electron chi connectivity index (χ1n) is 9.43. The van der Waals surface area contributed by atoms with Crippen molar-refractivity contribution in [3.63, 3.8) is 0 Å². The van der Waals surface area contributed by atoms with E-state index in [0.717, 1.165) is 23.0 Å². The van der Waals surface area contributed by atoms with E-state index in [0.29, 0.717) is 0 Å². The SMILES string of the molecule is CC(C)(C)CNc1c(C#N)c(C(F)(F)F)nn1-c1ccc(S(=O)(=O)O)cn1.CC(C)(C)O[NH-]. The van der Waals surface area contributed by atoms with Gasteiger partial charge < -0.3 is 16.1 Å². The van der Waals surface area contributed by atoms with E-state index in [-0.39, 0.29) is 29.2 Å². The third-order valence-corrected chi connectivity index (χ3v) is 4.43. The molecule has 0 aromatic carbocycles. The summed E-state index contributed by atoms with van der Waals surface area (Å²) in [5.41, 5.74) is -2.70. The maximum Gasteiger partial charge on any atom is 0.436 e. The molecule has 0 unspecified atom stereocenters. The molecule has 0 aliphatic heterocycles. The molecule has 2 aromatic heterocycles. The van der Waals surface area contributed by atoms with Gasteiger partial charge in [-0.1, -0.05) is 20.8 Å². The van der Waals surface area contributed by atoms with E-state index in [1.807, 2.05) is 41.5 Å². The molecule has 2 rings (SSSR count). The van der Waals surface area contributed by atoms with Crippen molar-refractivity contribution in [1.82, 2.24) is 14.8 Å². The minimum atomic E-state index is -4.87. The Labute approximate surface area is 190 Å². The fourth-order valence-electron chi connectivity index (χ4n) is 2.05. The molecular weight excluding hydrogens is 465 g/mol. The van der Waals surface area contributed by atoms with E-state index in [2.05, 4.69) is 20.2 Å². The van der Waals surface area contributed by atoms with Crippen molar-refractivity contribution in [3.8, 4) is 11.9 Å². The van der Waals surface area contributed by atoms with Gasteiger partial charge in [-0.3, -0.25) is 4.55 Å². The molecule has 0 amide bonds. The third kappa shape index (κ3) is 8.61. The zero-order valence-corrected chi connectivity index (χ0v) is 19.8. The molecular formula is C19H26F3N6O4S-. The lowest BCUT2D eigenvalue weighted by Gasteiger charge is -2.22. The Balaban J connectivity index is 0.000000801. The number of pyridine rings is 1. The number of alkyl halides is 3. The maximum atomic E-state index is 13.3. The van der Waals surface area contributed by atoms with Crippen LogP contribution in [0, 0.1) is 16.7 Å². The quantitative estimate of drug-likeness (QED) is 0.463. The van der Waals surface area contributed by atoms with Gasteiger partial charge in [0.1, 0.15) is 22.3 Å². The van der Waals surface area contributed by atoms with Gasteiger partial charge in [0.25, 0.3) is 10.1 Å². The van der Waals surface area contributed by atoms with Crippen LogP contribution in [-0.4, -0.2) is 39.9 Å². The first-order chi connectivity index (χ1) is 14.8. The van der Waals surface area contributed by atoms with E-state index in [1.165, 1.54) is 6.07 Å². The predicted molar refractivity (Wildman–Crippen MR) is 114 cm³/mol. The smallest absolute Gasteiger partial charge is 0.436 e. The van der Waals surface area contributed by atoms with Crippen molar-refractivity contribution >= 4 is 15.9 Å². The van der Waals surface area contributed by atoms with E-state index in [9.17, 15) is 26.9 Å². The van der Waals surface area contributed by atoms with Crippen molar-refractivity contribution in [3.05, 3.63) is 35.5 Å². The topological polar surface area (TPSA) is 154 Å². The number of anilines is 1. The fraction of sp³-hybridized carbons (Fsp3) is 0.526. The highest BCUT2D eigenvalue weighted by Gasteiger charge is 2.40. The summed E-state index contributed by atoms with van der Waals surface area (Å²) in [5, 5.41) is 15.5. The predicted octanol–water partition coefficient (Wildman–Crippen LogP) is 4.63. The normalized spacial score (nSPS) is 12.5. The van der Waals surface area contributed by atoms with Gasteiger partial charge >= 0.3 is 6.18 Å². The molecule has 3 N–H and O–H groups in total. The van der Waals surface area contributed by atoms with E-state index >= 15 is 0 Å². The van der Waals surface area contributed by atoms with Crippen LogP contribution in [0.15, 0.2) is 23.2 Å². The number of hydrogen-bond acceptors (Lipinski definition) is 7. The lowest BCUT2D eigenvalue weighted by Crippen LogP contribution is -2.21. The van der Waals surface area contributed by atoms with Crippen molar-refractivity contribution in [2.75, 3.05) is 11.9 Å². The summed E-state index contributed by atoms with van der Waals surface area (Å²) >= 11 is 0. The van der Waals surface area contributed by atoms with Crippen LogP contribution in [0.2, 0.25) is 0 Å². The Bertz CT molecular complexity index is 1090. The Kier molecular flexibility index (Phi) is 8.61. The highest BCUT2D eigenvalue weighted by Crippen LogP contribution is 2.35. The van der Waals surface area contributed by atoms with Crippen molar-refractivity contribution in [1.29, 1.82) is 5.26 Å². The molecule has 0 atom stereocenters. The molecule has 0 radical (unpaired) electrons. The van der Waals surface area contributed by atoms with Crippen LogP contribution in [0.4, 0.5) is 19.0 Å². The molecule has 33 heavy (non-hydrogen) atoms. The summed E-state index contributed by atoms with van der Waals surface area (Å²) in [5.74, 6) is 5.98. The Morgan fingerprint density at radius 2 is 1.76 bits per heavy atom. The number of nitrogens with zero attached hydrogens (tertiary/aromatic N) is 4. The summed E-state index contributed by atoms with van der Waals surface area (Å²) in [6.07, 6.45) is -4.10. The highest BCUT2D eigenvalue weighted by molar-refractivity contribution is 7.85. The van der Waals surface area contributed by atoms with Crippen LogP contribution in [-0.2, 0) is 21.1 Å². The number of aromatic nitrogens is 3. The first kappa shape index (κ1) is 28.3. The number of rotatable bonds is 4. The Morgan fingerprint density at radius 3 is 2.09 bits per heavy atom. The van der Waals surface area contributed by atoms with Gasteiger partial charge in [0, 0.05) is 12.1 Å². The van der Waals surface area contributed by atoms with Gasteiger partial charge in [-0.15, -0.1) is 0 Å². The monoisotopic (exact) mass is 491 g/mol. The Morgan fingerprint density at radius 1 is 1.21 bits per heavy atom. The summed E-state index contributed by atoms with van der Waals surface area (Å²) in [6.45, 7) is 11.3. The van der Waals surface area contributed by atoms with Crippen LogP contribution in [0.25, 0.3) is 11.7 Å². The fourth-order valence-corrected chi connectivity index (χ4v) is 2.48. The summed E-state index contributed by atoms with van der Waals surface area (Å²) < 4.78 is 71.7. The number of nitrogens with one attached hydrogen (secondary N) is 2. The molecule has 0 fully saturated rings. The average Bonchev–Trinajstić information content (AvgIpc) is 3.04. The number of hydrogen-bond donors (Lipinski definition) is 2. The van der Waals surface area contributed by atoms with Gasteiger partial charge in [0.15, 0.2) is 11.5 Å². The largest absolute Gasteiger partial charge is 0.549 e. The number of halogens is 3. The molecule has 0 bridgehead atoms. The van der Waals surface area contributed by atoms with Gasteiger partial charge in [-0.05, 0) is 38.3 Å². The zero-order chi connectivity index (χ0) is 25.8. The molecule has 10 nitrogen and oxygen atoms in total. The second kappa shape index (κ2) is 10.0. The average molecular weight is 492 g/mol. The first-order valence-corrected chi connectivity index (χ1v) is 10.9. The van der Waals surface area contributed by atoms with Crippen LogP contribution in [0.5, 0.6) is 0 Å². The number of nitriles is 1. The molecule has 14 heteroatoms. The van der Waals surface area contributed by atoms with Crippen molar-refractivity contribution in [2.45, 2.75) is 58.2 Å². The molecule has 184 valence electrons. The van der Waals surface area contributed by atoms with Crippen LogP contribution in [0.1, 0.15) is 52.8 Å². The summed E-state index contributed by atoms with van der Waals surface area (Å²) in [7, 11) is -4.51. The molecule has 2 heterocycles. The van der Waals surface area contributed by atoms with E-state index in [4.69, 9.17) is 10.4 Å². The van der Waals surface area contributed by atoms with Crippen LogP contribution >= 0.6 is 0 Å². The minimum Gasteiger partial charge on any atom is -0.549 e. The van der Waals surface area contributed by atoms with Crippen molar-refractivity contribution < 1.29 is 31.0 Å². The lowest BCUT2D eigenvalue weighted by atomic mass is 9.97. The van der Waals surface area contributed by atoms with Gasteiger partial charge in [-0.2, -0.15) is 36.6 Å². The maximum absolute atomic E-state index is 13.3. The Hall–Kier alpha value is -2.73. The van der Waals surface area contributed by atoms with Crippen molar-refractivity contribution in [2.24, 2.45) is 5.41 Å². The second-order valence-corrected chi connectivity index (χ2v) is 10.5. The van der Waals surface area contributed by atoms with Gasteiger partial charge in [0.2, 0.25) is 0 Å². The van der Waals surface area contributed by atoms with Gasteiger partial charge in [-0.25, -0.2) is 4.98 Å². The molecule has 0 aliphatic rings. The standard InChI is InChI=1S/C15H16F3N5O3S.C4H10NO/c1-14(2,3)8-21-13-10(6-19)12(15(16,17)18)22-23(13)11-5-4-9(7-20-11)27(24,25)26;1-4(2,3)6-5/h4-5,7,21H,8H2,1-3H3,(H,24,25,26);5H,1-3H3/q;-1. The second-order valence-electron chi connectivity index (χ2n) is 9.05. The van der Waals surface area contributed by atoms with E-state index in [1.54, 1.807) is 0 Å². The molecule has 0 spiro atoms. The molecule has 0 saturated carbocycles. The van der Waals surface area contributed by atoms with Crippen LogP contribution < -0.4 is 5.32 Å².